The Balaban J connectivity index is 2.17. The molecule has 2 atom stereocenters. The summed E-state index contributed by atoms with van der Waals surface area (Å²) in [6.45, 7) is 5.32. The summed E-state index contributed by atoms with van der Waals surface area (Å²) < 4.78 is 5.20. The molecule has 6 heteroatoms. The first-order chi connectivity index (χ1) is 9.67. The van der Waals surface area contributed by atoms with Crippen LogP contribution in [0.25, 0.3) is 0 Å². The molecule has 2 N–H and O–H groups in total. The summed E-state index contributed by atoms with van der Waals surface area (Å²) in [7, 11) is 0. The van der Waals surface area contributed by atoms with Gasteiger partial charge in [-0.1, -0.05) is 11.6 Å². The lowest BCUT2D eigenvalue weighted by Crippen LogP contribution is -2.27. The van der Waals surface area contributed by atoms with E-state index in [4.69, 9.17) is 21.4 Å². The van der Waals surface area contributed by atoms with E-state index >= 15 is 0 Å². The Kier molecular flexibility index (Phi) is 4.14. The van der Waals surface area contributed by atoms with Crippen LogP contribution in [0.1, 0.15) is 38.7 Å². The minimum atomic E-state index is -0.830. The maximum Gasteiger partial charge on any atom is 0.412 e. The first-order valence-electron chi connectivity index (χ1n) is 6.69. The molecule has 0 saturated heterocycles. The number of carboxylic acids is 1. The second kappa shape index (κ2) is 5.56. The topological polar surface area (TPSA) is 75.6 Å². The van der Waals surface area contributed by atoms with Crippen LogP contribution in [-0.2, 0) is 9.53 Å². The van der Waals surface area contributed by atoms with Crippen molar-refractivity contribution in [3.63, 3.8) is 0 Å². The highest BCUT2D eigenvalue weighted by Gasteiger charge is 2.45. The van der Waals surface area contributed by atoms with E-state index in [1.54, 1.807) is 39.0 Å². The fourth-order valence-corrected chi connectivity index (χ4v) is 2.36. The van der Waals surface area contributed by atoms with Crippen molar-refractivity contribution in [2.45, 2.75) is 38.7 Å². The number of ether oxygens (including phenoxy) is 1. The van der Waals surface area contributed by atoms with E-state index in [1.807, 2.05) is 0 Å². The maximum absolute atomic E-state index is 11.8. The summed E-state index contributed by atoms with van der Waals surface area (Å²) >= 11 is 5.97. The lowest BCUT2D eigenvalue weighted by Gasteiger charge is -2.20. The van der Waals surface area contributed by atoms with Crippen LogP contribution in [0.15, 0.2) is 18.2 Å². The molecule has 0 unspecified atom stereocenters. The zero-order valence-electron chi connectivity index (χ0n) is 12.1. The lowest BCUT2D eigenvalue weighted by molar-refractivity contribution is -0.138. The summed E-state index contributed by atoms with van der Waals surface area (Å²) in [5, 5.41) is 12.2. The number of carboxylic acid groups (broad SMARTS) is 1. The number of anilines is 1. The van der Waals surface area contributed by atoms with Crippen molar-refractivity contribution in [3.05, 3.63) is 28.8 Å². The number of carbonyl (C=O) groups excluding carboxylic acids is 1. The van der Waals surface area contributed by atoms with Crippen LogP contribution < -0.4 is 5.32 Å². The number of nitrogens with one attached hydrogen (secondary N) is 1. The van der Waals surface area contributed by atoms with E-state index in [2.05, 4.69) is 5.32 Å². The molecule has 1 saturated carbocycles. The average Bonchev–Trinajstić information content (AvgIpc) is 3.09. The number of hydrogen-bond acceptors (Lipinski definition) is 3. The molecular weight excluding hydrogens is 294 g/mol. The van der Waals surface area contributed by atoms with Crippen molar-refractivity contribution in [2.75, 3.05) is 5.32 Å². The number of hydrogen-bond donors (Lipinski definition) is 2. The fraction of sp³-hybridized carbons (Fsp3) is 0.467. The van der Waals surface area contributed by atoms with Gasteiger partial charge in [0, 0.05) is 16.6 Å². The second-order valence-corrected chi connectivity index (χ2v) is 6.58. The fourth-order valence-electron chi connectivity index (χ4n) is 2.18. The zero-order chi connectivity index (χ0) is 15.8. The van der Waals surface area contributed by atoms with Gasteiger partial charge in [0.15, 0.2) is 0 Å². The molecule has 1 fully saturated rings. The van der Waals surface area contributed by atoms with Gasteiger partial charge in [0.05, 0.1) is 5.92 Å². The summed E-state index contributed by atoms with van der Waals surface area (Å²) in [6.07, 6.45) is -0.0165. The number of rotatable bonds is 3. The van der Waals surface area contributed by atoms with Gasteiger partial charge in [-0.05, 0) is 51.0 Å². The molecule has 0 aromatic heterocycles. The van der Waals surface area contributed by atoms with Gasteiger partial charge >= 0.3 is 12.1 Å². The highest BCUT2D eigenvalue weighted by Crippen LogP contribution is 2.50. The Hall–Kier alpha value is -1.75. The molecule has 2 rings (SSSR count). The molecule has 1 aromatic rings. The number of benzene rings is 1. The first kappa shape index (κ1) is 15.6. The van der Waals surface area contributed by atoms with Gasteiger partial charge in [-0.3, -0.25) is 10.1 Å². The average molecular weight is 312 g/mol. The summed E-state index contributed by atoms with van der Waals surface area (Å²) in [4.78, 5) is 22.8. The van der Waals surface area contributed by atoms with Crippen LogP contribution in [0.2, 0.25) is 5.02 Å². The molecule has 1 amide bonds. The minimum Gasteiger partial charge on any atom is -0.481 e. The van der Waals surface area contributed by atoms with E-state index in [0.717, 1.165) is 5.56 Å². The predicted molar refractivity (Wildman–Crippen MR) is 79.8 cm³/mol. The molecule has 21 heavy (non-hydrogen) atoms. The van der Waals surface area contributed by atoms with E-state index < -0.39 is 23.6 Å². The van der Waals surface area contributed by atoms with Gasteiger partial charge in [0.1, 0.15) is 5.60 Å². The Morgan fingerprint density at radius 2 is 2.05 bits per heavy atom. The molecule has 0 radical (unpaired) electrons. The van der Waals surface area contributed by atoms with Crippen LogP contribution in [0.5, 0.6) is 0 Å². The minimum absolute atomic E-state index is 0.119. The molecule has 1 aliphatic rings. The largest absolute Gasteiger partial charge is 0.481 e. The van der Waals surface area contributed by atoms with E-state index in [1.165, 1.54) is 0 Å². The third-order valence-corrected chi connectivity index (χ3v) is 3.39. The number of carbonyl (C=O) groups is 2. The summed E-state index contributed by atoms with van der Waals surface area (Å²) in [6, 6.07) is 5.01. The predicted octanol–water partition coefficient (Wildman–Crippen LogP) is 3.88. The highest BCUT2D eigenvalue weighted by molar-refractivity contribution is 6.30. The van der Waals surface area contributed by atoms with E-state index in [9.17, 15) is 9.59 Å². The molecule has 0 aliphatic heterocycles. The smallest absolute Gasteiger partial charge is 0.412 e. The Bertz CT molecular complexity index is 580. The van der Waals surface area contributed by atoms with Gasteiger partial charge < -0.3 is 9.84 Å². The van der Waals surface area contributed by atoms with Crippen molar-refractivity contribution in [1.82, 2.24) is 0 Å². The molecule has 5 nitrogen and oxygen atoms in total. The van der Waals surface area contributed by atoms with Gasteiger partial charge in [-0.2, -0.15) is 0 Å². The number of halogens is 1. The van der Waals surface area contributed by atoms with Crippen molar-refractivity contribution >= 4 is 29.4 Å². The van der Waals surface area contributed by atoms with Crippen LogP contribution in [0.3, 0.4) is 0 Å². The number of aliphatic carboxylic acids is 1. The normalized spacial score (nSPS) is 20.8. The number of amides is 1. The van der Waals surface area contributed by atoms with E-state index in [-0.39, 0.29) is 5.92 Å². The van der Waals surface area contributed by atoms with Crippen molar-refractivity contribution < 1.29 is 19.4 Å². The third kappa shape index (κ3) is 4.11. The van der Waals surface area contributed by atoms with Crippen LogP contribution in [0.4, 0.5) is 10.5 Å². The van der Waals surface area contributed by atoms with Crippen LogP contribution in [0, 0.1) is 5.92 Å². The van der Waals surface area contributed by atoms with Gasteiger partial charge in [0.25, 0.3) is 0 Å². The van der Waals surface area contributed by atoms with Gasteiger partial charge in [-0.25, -0.2) is 4.79 Å². The zero-order valence-corrected chi connectivity index (χ0v) is 12.9. The molecule has 1 aromatic carbocycles. The standard InChI is InChI=1S/C15H18ClNO4/c1-15(2,3)21-14(20)17-12-5-4-8(16)6-10(12)9-7-11(9)13(18)19/h4-6,9,11H,7H2,1-3H3,(H,17,20)(H,18,19)/t9-,11+/m0/s1. The van der Waals surface area contributed by atoms with Gasteiger partial charge in [-0.15, -0.1) is 0 Å². The quantitative estimate of drug-likeness (QED) is 0.888. The first-order valence-corrected chi connectivity index (χ1v) is 7.07. The summed E-state index contributed by atoms with van der Waals surface area (Å²) in [5.74, 6) is -1.36. The van der Waals surface area contributed by atoms with Crippen LogP contribution in [-0.4, -0.2) is 22.8 Å². The molecule has 0 heterocycles. The molecular formula is C15H18ClNO4. The molecule has 114 valence electrons. The van der Waals surface area contributed by atoms with Crippen molar-refractivity contribution in [2.24, 2.45) is 5.92 Å². The monoisotopic (exact) mass is 311 g/mol. The third-order valence-electron chi connectivity index (χ3n) is 3.16. The van der Waals surface area contributed by atoms with Crippen LogP contribution >= 0.6 is 11.6 Å². The molecule has 0 spiro atoms. The Morgan fingerprint density at radius 1 is 1.38 bits per heavy atom. The van der Waals surface area contributed by atoms with Gasteiger partial charge in [0.2, 0.25) is 0 Å². The summed E-state index contributed by atoms with van der Waals surface area (Å²) in [5.41, 5.74) is 0.683. The second-order valence-electron chi connectivity index (χ2n) is 6.15. The maximum atomic E-state index is 11.8. The lowest BCUT2D eigenvalue weighted by atomic mass is 10.1. The Morgan fingerprint density at radius 3 is 2.57 bits per heavy atom. The van der Waals surface area contributed by atoms with Crippen molar-refractivity contribution in [1.29, 1.82) is 0 Å². The highest BCUT2D eigenvalue weighted by atomic mass is 35.5. The SMILES string of the molecule is CC(C)(C)OC(=O)Nc1ccc(Cl)cc1[C@@H]1C[C@H]1C(=O)O. The molecule has 0 bridgehead atoms. The van der Waals surface area contributed by atoms with E-state index in [0.29, 0.717) is 17.1 Å². The molecule has 1 aliphatic carbocycles. The van der Waals surface area contributed by atoms with Crippen molar-refractivity contribution in [3.8, 4) is 0 Å². The Labute approximate surface area is 128 Å².